The van der Waals surface area contributed by atoms with Crippen LogP contribution in [-0.2, 0) is 0 Å². The highest BCUT2D eigenvalue weighted by molar-refractivity contribution is 8.00. The molecule has 180 valence electrons. The number of nitriles is 2. The van der Waals surface area contributed by atoms with Crippen molar-refractivity contribution >= 4 is 45.3 Å². The van der Waals surface area contributed by atoms with E-state index in [1.54, 1.807) is 4.57 Å². The number of carbonyl (C=O) groups excluding carboxylic acids is 1. The summed E-state index contributed by atoms with van der Waals surface area (Å²) in [7, 11) is 0. The third kappa shape index (κ3) is 4.10. The molecule has 0 amide bonds. The number of nitrogens with zero attached hydrogens (tertiary/aromatic N) is 4. The number of hydrogen-bond donors (Lipinski definition) is 1. The molecule has 0 radical (unpaired) electrons. The number of aromatic nitrogens is 2. The molecule has 0 saturated heterocycles. The molecule has 6 nitrogen and oxygen atoms in total. The lowest BCUT2D eigenvalue weighted by Gasteiger charge is -2.18. The Morgan fingerprint density at radius 1 is 0.946 bits per heavy atom. The van der Waals surface area contributed by atoms with Gasteiger partial charge in [0.05, 0.1) is 21.8 Å². The maximum Gasteiger partial charge on any atom is 0.245 e. The Balaban J connectivity index is 1.64. The van der Waals surface area contributed by atoms with Crippen LogP contribution in [0.5, 0.6) is 0 Å². The number of carbonyl (C=O) groups is 1. The highest BCUT2D eigenvalue weighted by Crippen LogP contribution is 2.39. The molecule has 7 heteroatoms. The Hall–Kier alpha value is -4.59. The maximum absolute atomic E-state index is 14.0. The zero-order chi connectivity index (χ0) is 26.1. The number of benzene rings is 3. The van der Waals surface area contributed by atoms with Crippen LogP contribution in [0.2, 0.25) is 0 Å². The second kappa shape index (κ2) is 9.81. The number of pyridine rings is 1. The van der Waals surface area contributed by atoms with E-state index in [-0.39, 0.29) is 22.9 Å². The van der Waals surface area contributed by atoms with Gasteiger partial charge in [-0.3, -0.25) is 9.36 Å². The van der Waals surface area contributed by atoms with E-state index in [4.69, 9.17) is 5.73 Å². The molecule has 5 aromatic rings. The molecule has 0 bridgehead atoms. The van der Waals surface area contributed by atoms with E-state index in [0.29, 0.717) is 22.6 Å². The Morgan fingerprint density at radius 2 is 1.51 bits per heavy atom. The lowest BCUT2D eigenvalue weighted by atomic mass is 9.96. The number of hydrogen-bond acceptors (Lipinski definition) is 6. The van der Waals surface area contributed by atoms with Gasteiger partial charge in [0.15, 0.2) is 0 Å². The minimum Gasteiger partial charge on any atom is -0.383 e. The zero-order valence-corrected chi connectivity index (χ0v) is 21.2. The van der Waals surface area contributed by atoms with E-state index in [1.165, 1.54) is 11.8 Å². The number of fused-ring (bicyclic) bond motifs is 3. The van der Waals surface area contributed by atoms with E-state index in [1.807, 2.05) is 86.6 Å². The molecule has 0 saturated carbocycles. The van der Waals surface area contributed by atoms with Gasteiger partial charge in [-0.05, 0) is 31.0 Å². The lowest BCUT2D eigenvalue weighted by Crippen LogP contribution is -2.24. The molecule has 0 fully saturated rings. The van der Waals surface area contributed by atoms with Gasteiger partial charge in [-0.1, -0.05) is 84.9 Å². The fourth-order valence-corrected chi connectivity index (χ4v) is 5.70. The van der Waals surface area contributed by atoms with Crippen LogP contribution in [0.25, 0.3) is 32.9 Å². The maximum atomic E-state index is 14.0. The SMILES string of the molecule is CCC(Sc1nc(N)c(C#N)c(-c2ccc(C)cc2)c1C#N)C(=O)n1c2ccccc2c2ccccc21. The van der Waals surface area contributed by atoms with Gasteiger partial charge >= 0.3 is 0 Å². The largest absolute Gasteiger partial charge is 0.383 e. The molecule has 3 aromatic carbocycles. The molecule has 0 aliphatic carbocycles. The average Bonchev–Trinajstić information content (AvgIpc) is 3.26. The molecule has 2 N–H and O–H groups in total. The summed E-state index contributed by atoms with van der Waals surface area (Å²) >= 11 is 1.22. The summed E-state index contributed by atoms with van der Waals surface area (Å²) in [6.45, 7) is 3.90. The van der Waals surface area contributed by atoms with E-state index >= 15 is 0 Å². The Kier molecular flexibility index (Phi) is 6.40. The van der Waals surface area contributed by atoms with Crippen molar-refractivity contribution in [1.29, 1.82) is 10.5 Å². The summed E-state index contributed by atoms with van der Waals surface area (Å²) in [5.41, 5.74) is 10.5. The molecule has 0 aliphatic heterocycles. The first-order valence-electron chi connectivity index (χ1n) is 11.9. The van der Waals surface area contributed by atoms with E-state index in [9.17, 15) is 15.3 Å². The molecular weight excluding hydrogens is 478 g/mol. The van der Waals surface area contributed by atoms with Crippen molar-refractivity contribution in [3.05, 3.63) is 89.5 Å². The number of anilines is 1. The van der Waals surface area contributed by atoms with Gasteiger partial charge in [-0.15, -0.1) is 0 Å². The summed E-state index contributed by atoms with van der Waals surface area (Å²) in [6.07, 6.45) is 0.511. The molecule has 0 aliphatic rings. The van der Waals surface area contributed by atoms with Crippen LogP contribution in [0, 0.1) is 29.6 Å². The van der Waals surface area contributed by atoms with Gasteiger partial charge in [0.25, 0.3) is 0 Å². The van der Waals surface area contributed by atoms with E-state index in [0.717, 1.165) is 27.4 Å². The molecule has 0 spiro atoms. The number of rotatable bonds is 5. The number of aryl methyl sites for hydroxylation is 1. The van der Waals surface area contributed by atoms with Crippen LogP contribution < -0.4 is 5.73 Å². The predicted molar refractivity (Wildman–Crippen MR) is 148 cm³/mol. The Morgan fingerprint density at radius 3 is 2.05 bits per heavy atom. The summed E-state index contributed by atoms with van der Waals surface area (Å²) in [6, 6.07) is 27.6. The third-order valence-electron chi connectivity index (χ3n) is 6.46. The Labute approximate surface area is 219 Å². The van der Waals surface area contributed by atoms with Gasteiger partial charge in [0.2, 0.25) is 5.91 Å². The molecule has 2 aromatic heterocycles. The van der Waals surface area contributed by atoms with Gasteiger partial charge in [-0.25, -0.2) is 4.98 Å². The van der Waals surface area contributed by atoms with Crippen LogP contribution in [0.15, 0.2) is 77.8 Å². The van der Waals surface area contributed by atoms with Crippen molar-refractivity contribution in [3.63, 3.8) is 0 Å². The number of nitrogens with two attached hydrogens (primary N) is 1. The number of thioether (sulfide) groups is 1. The fourth-order valence-electron chi connectivity index (χ4n) is 4.64. The normalized spacial score (nSPS) is 11.8. The minimum absolute atomic E-state index is 0.0405. The first-order valence-corrected chi connectivity index (χ1v) is 12.8. The van der Waals surface area contributed by atoms with Gasteiger partial charge in [-0.2, -0.15) is 10.5 Å². The summed E-state index contributed by atoms with van der Waals surface area (Å²) < 4.78 is 1.76. The highest BCUT2D eigenvalue weighted by Gasteiger charge is 2.28. The molecular formula is C30H23N5OS. The fraction of sp³-hybridized carbons (Fsp3) is 0.133. The molecule has 1 unspecified atom stereocenters. The second-order valence-corrected chi connectivity index (χ2v) is 9.93. The topological polar surface area (TPSA) is 108 Å². The average molecular weight is 502 g/mol. The van der Waals surface area contributed by atoms with E-state index < -0.39 is 5.25 Å². The smallest absolute Gasteiger partial charge is 0.245 e. The van der Waals surface area contributed by atoms with Gasteiger partial charge in [0, 0.05) is 16.3 Å². The second-order valence-electron chi connectivity index (χ2n) is 8.74. The summed E-state index contributed by atoms with van der Waals surface area (Å²) in [4.78, 5) is 18.4. The molecule has 1 atom stereocenters. The predicted octanol–water partition coefficient (Wildman–Crippen LogP) is 6.70. The summed E-state index contributed by atoms with van der Waals surface area (Å²) in [5, 5.41) is 21.8. The Bertz CT molecular complexity index is 1700. The van der Waals surface area contributed by atoms with Crippen LogP contribution in [-0.4, -0.2) is 20.7 Å². The van der Waals surface area contributed by atoms with Crippen LogP contribution >= 0.6 is 11.8 Å². The summed E-state index contributed by atoms with van der Waals surface area (Å²) in [5.74, 6) is -0.0610. The van der Waals surface area contributed by atoms with Gasteiger partial charge < -0.3 is 5.73 Å². The van der Waals surface area contributed by atoms with Crippen molar-refractivity contribution in [2.45, 2.75) is 30.5 Å². The van der Waals surface area contributed by atoms with Crippen molar-refractivity contribution < 1.29 is 4.79 Å². The number of nitrogen functional groups attached to an aromatic ring is 1. The van der Waals surface area contributed by atoms with Crippen molar-refractivity contribution in [3.8, 4) is 23.3 Å². The van der Waals surface area contributed by atoms with Crippen molar-refractivity contribution in [1.82, 2.24) is 9.55 Å². The highest BCUT2D eigenvalue weighted by atomic mass is 32.2. The van der Waals surface area contributed by atoms with E-state index in [2.05, 4.69) is 17.1 Å². The zero-order valence-electron chi connectivity index (χ0n) is 20.4. The third-order valence-corrected chi connectivity index (χ3v) is 7.79. The van der Waals surface area contributed by atoms with Gasteiger partial charge in [0.1, 0.15) is 28.5 Å². The quantitative estimate of drug-likeness (QED) is 0.268. The van der Waals surface area contributed by atoms with Crippen LogP contribution in [0.3, 0.4) is 0 Å². The number of para-hydroxylation sites is 2. The molecule has 37 heavy (non-hydrogen) atoms. The first-order chi connectivity index (χ1) is 18.0. The monoisotopic (exact) mass is 501 g/mol. The first kappa shape index (κ1) is 24.1. The van der Waals surface area contributed by atoms with Crippen LogP contribution in [0.1, 0.15) is 34.8 Å². The minimum atomic E-state index is -0.531. The van der Waals surface area contributed by atoms with Crippen LogP contribution in [0.4, 0.5) is 5.82 Å². The lowest BCUT2D eigenvalue weighted by molar-refractivity contribution is 0.0919. The molecule has 2 heterocycles. The van der Waals surface area contributed by atoms with Crippen molar-refractivity contribution in [2.24, 2.45) is 0 Å². The standard InChI is InChI=1S/C30H23N5OS/c1-3-26(30(36)35-24-10-6-4-8-20(24)21-9-5-7-11-25(21)35)37-29-23(17-32)27(22(16-31)28(33)34-29)19-14-12-18(2)13-15-19/h4-15,26H,3H2,1-2H3,(H2,33,34). The van der Waals surface area contributed by atoms with Crippen molar-refractivity contribution in [2.75, 3.05) is 5.73 Å². The molecule has 5 rings (SSSR count).